The van der Waals surface area contributed by atoms with E-state index in [1.807, 2.05) is 0 Å². The first kappa shape index (κ1) is 16.0. The lowest BCUT2D eigenvalue weighted by atomic mass is 9.82. The number of benzene rings is 1. The minimum absolute atomic E-state index is 0.127. The highest BCUT2D eigenvalue weighted by Crippen LogP contribution is 2.32. The number of hydrogen-bond donors (Lipinski definition) is 1. The van der Waals surface area contributed by atoms with Gasteiger partial charge in [0.2, 0.25) is 5.91 Å². The van der Waals surface area contributed by atoms with Crippen LogP contribution in [0.15, 0.2) is 24.3 Å². The molecule has 21 heavy (non-hydrogen) atoms. The Kier molecular flexibility index (Phi) is 4.99. The highest BCUT2D eigenvalue weighted by Gasteiger charge is 2.33. The summed E-state index contributed by atoms with van der Waals surface area (Å²) in [6.45, 7) is 1.81. The van der Waals surface area contributed by atoms with E-state index >= 15 is 0 Å². The van der Waals surface area contributed by atoms with Gasteiger partial charge in [-0.15, -0.1) is 0 Å². The van der Waals surface area contributed by atoms with Crippen molar-refractivity contribution in [1.29, 1.82) is 0 Å². The Balaban J connectivity index is 2.03. The zero-order valence-electron chi connectivity index (χ0n) is 12.8. The van der Waals surface area contributed by atoms with E-state index < -0.39 is 5.60 Å². The molecule has 0 spiro atoms. The third-order valence-corrected chi connectivity index (χ3v) is 4.59. The zero-order valence-corrected chi connectivity index (χ0v) is 12.8. The summed E-state index contributed by atoms with van der Waals surface area (Å²) in [5.74, 6) is -0.434. The second-order valence-corrected chi connectivity index (χ2v) is 6.16. The average Bonchev–Trinajstić information content (AvgIpc) is 2.46. The van der Waals surface area contributed by atoms with E-state index in [1.165, 1.54) is 11.0 Å². The minimum atomic E-state index is -0.876. The van der Waals surface area contributed by atoms with E-state index in [4.69, 9.17) is 0 Å². The number of hydrogen-bond acceptors (Lipinski definition) is 2. The highest BCUT2D eigenvalue weighted by atomic mass is 19.1. The Labute approximate surface area is 125 Å². The Morgan fingerprint density at radius 3 is 2.57 bits per heavy atom. The summed E-state index contributed by atoms with van der Waals surface area (Å²) in [4.78, 5) is 13.9. The van der Waals surface area contributed by atoms with Gasteiger partial charge in [0.25, 0.3) is 0 Å². The van der Waals surface area contributed by atoms with E-state index in [0.29, 0.717) is 18.4 Å². The van der Waals surface area contributed by atoms with Gasteiger partial charge in [0.1, 0.15) is 5.82 Å². The van der Waals surface area contributed by atoms with E-state index in [0.717, 1.165) is 19.3 Å². The number of carbonyl (C=O) groups is 1. The van der Waals surface area contributed by atoms with Crippen LogP contribution in [0.4, 0.5) is 4.39 Å². The van der Waals surface area contributed by atoms with Crippen LogP contribution in [0.25, 0.3) is 0 Å². The Morgan fingerprint density at radius 1 is 1.33 bits per heavy atom. The maximum absolute atomic E-state index is 13.8. The predicted molar refractivity (Wildman–Crippen MR) is 80.2 cm³/mol. The van der Waals surface area contributed by atoms with Crippen molar-refractivity contribution in [2.24, 2.45) is 0 Å². The Bertz CT molecular complexity index is 497. The highest BCUT2D eigenvalue weighted by molar-refractivity contribution is 5.77. The Hall–Kier alpha value is -1.42. The lowest BCUT2D eigenvalue weighted by Gasteiger charge is -2.34. The molecular formula is C17H24FNO2. The van der Waals surface area contributed by atoms with Crippen LogP contribution in [-0.2, 0) is 4.79 Å². The second kappa shape index (κ2) is 6.56. The fourth-order valence-electron chi connectivity index (χ4n) is 3.03. The van der Waals surface area contributed by atoms with E-state index in [-0.39, 0.29) is 24.2 Å². The number of amides is 1. The van der Waals surface area contributed by atoms with Crippen molar-refractivity contribution in [3.8, 4) is 0 Å². The molecule has 3 nitrogen and oxygen atoms in total. The summed E-state index contributed by atoms with van der Waals surface area (Å²) in [5, 5.41) is 10.5. The first-order valence-corrected chi connectivity index (χ1v) is 7.65. The molecular weight excluding hydrogens is 269 g/mol. The molecule has 0 bridgehead atoms. The quantitative estimate of drug-likeness (QED) is 0.924. The number of halogens is 1. The first-order valence-electron chi connectivity index (χ1n) is 7.65. The van der Waals surface area contributed by atoms with Crippen LogP contribution in [0.1, 0.15) is 57.1 Å². The maximum atomic E-state index is 13.8. The van der Waals surface area contributed by atoms with Crippen LogP contribution in [0.3, 0.4) is 0 Å². The van der Waals surface area contributed by atoms with Crippen molar-refractivity contribution in [3.05, 3.63) is 35.6 Å². The van der Waals surface area contributed by atoms with Gasteiger partial charge >= 0.3 is 0 Å². The third kappa shape index (κ3) is 3.82. The van der Waals surface area contributed by atoms with Crippen molar-refractivity contribution >= 4 is 5.91 Å². The molecule has 1 atom stereocenters. The van der Waals surface area contributed by atoms with E-state index in [9.17, 15) is 14.3 Å². The standard InChI is InChI=1S/C17H24FNO2/c1-13(14-8-4-5-9-15(14)18)19(2)16(20)12-17(21)10-6-3-7-11-17/h4-5,8-9,13,21H,3,6-7,10-12H2,1-2H3. The van der Waals surface area contributed by atoms with Gasteiger partial charge in [-0.1, -0.05) is 37.5 Å². The molecule has 1 aromatic rings. The normalized spacial score (nSPS) is 19.0. The van der Waals surface area contributed by atoms with Crippen molar-refractivity contribution < 1.29 is 14.3 Å². The van der Waals surface area contributed by atoms with Gasteiger partial charge in [0.05, 0.1) is 18.1 Å². The molecule has 4 heteroatoms. The summed E-state index contributed by atoms with van der Waals surface area (Å²) in [7, 11) is 1.67. The largest absolute Gasteiger partial charge is 0.389 e. The van der Waals surface area contributed by atoms with Gasteiger partial charge in [-0.3, -0.25) is 4.79 Å². The van der Waals surface area contributed by atoms with Crippen LogP contribution >= 0.6 is 0 Å². The van der Waals surface area contributed by atoms with Crippen molar-refractivity contribution in [2.45, 2.75) is 57.1 Å². The smallest absolute Gasteiger partial charge is 0.225 e. The molecule has 1 aliphatic rings. The topological polar surface area (TPSA) is 40.5 Å². The molecule has 1 N–H and O–H groups in total. The fourth-order valence-corrected chi connectivity index (χ4v) is 3.03. The van der Waals surface area contributed by atoms with E-state index in [2.05, 4.69) is 0 Å². The molecule has 0 aromatic heterocycles. The molecule has 1 unspecified atom stereocenters. The van der Waals surface area contributed by atoms with Gasteiger partial charge in [-0.05, 0) is 25.8 Å². The first-order chi connectivity index (χ1) is 9.93. The van der Waals surface area contributed by atoms with Crippen LogP contribution in [0, 0.1) is 5.82 Å². The van der Waals surface area contributed by atoms with Crippen LogP contribution in [-0.4, -0.2) is 28.6 Å². The molecule has 116 valence electrons. The summed E-state index contributed by atoms with van der Waals surface area (Å²) >= 11 is 0. The second-order valence-electron chi connectivity index (χ2n) is 6.16. The molecule has 1 aromatic carbocycles. The van der Waals surface area contributed by atoms with Crippen LogP contribution in [0.2, 0.25) is 0 Å². The van der Waals surface area contributed by atoms with Crippen molar-refractivity contribution in [1.82, 2.24) is 4.90 Å². The molecule has 0 saturated heterocycles. The summed E-state index contributed by atoms with van der Waals surface area (Å²) in [5.41, 5.74) is -0.373. The Morgan fingerprint density at radius 2 is 1.95 bits per heavy atom. The van der Waals surface area contributed by atoms with Gasteiger partial charge in [-0.2, -0.15) is 0 Å². The summed E-state index contributed by atoms with van der Waals surface area (Å²) in [6, 6.07) is 6.16. The lowest BCUT2D eigenvalue weighted by Crippen LogP contribution is -2.40. The number of rotatable bonds is 4. The summed E-state index contributed by atoms with van der Waals surface area (Å²) in [6.07, 6.45) is 4.55. The number of carbonyl (C=O) groups excluding carboxylic acids is 1. The molecule has 1 aliphatic carbocycles. The average molecular weight is 293 g/mol. The monoisotopic (exact) mass is 293 g/mol. The third-order valence-electron chi connectivity index (χ3n) is 4.59. The molecule has 0 radical (unpaired) electrons. The van der Waals surface area contributed by atoms with Crippen LogP contribution in [0.5, 0.6) is 0 Å². The van der Waals surface area contributed by atoms with Crippen molar-refractivity contribution in [3.63, 3.8) is 0 Å². The van der Waals surface area contributed by atoms with Gasteiger partial charge < -0.3 is 10.0 Å². The number of aliphatic hydroxyl groups is 1. The molecule has 2 rings (SSSR count). The van der Waals surface area contributed by atoms with E-state index in [1.54, 1.807) is 32.2 Å². The summed E-state index contributed by atoms with van der Waals surface area (Å²) < 4.78 is 13.8. The molecule has 1 fully saturated rings. The predicted octanol–water partition coefficient (Wildman–Crippen LogP) is 3.43. The molecule has 1 saturated carbocycles. The molecule has 0 aliphatic heterocycles. The molecule has 1 amide bonds. The number of nitrogens with zero attached hydrogens (tertiary/aromatic N) is 1. The van der Waals surface area contributed by atoms with Gasteiger partial charge in [-0.25, -0.2) is 4.39 Å². The van der Waals surface area contributed by atoms with Crippen molar-refractivity contribution in [2.75, 3.05) is 7.05 Å². The fraction of sp³-hybridized carbons (Fsp3) is 0.588. The molecule has 0 heterocycles. The van der Waals surface area contributed by atoms with Crippen LogP contribution < -0.4 is 0 Å². The lowest BCUT2D eigenvalue weighted by molar-refractivity contribution is -0.138. The van der Waals surface area contributed by atoms with Gasteiger partial charge in [0.15, 0.2) is 0 Å². The maximum Gasteiger partial charge on any atom is 0.225 e. The zero-order chi connectivity index (χ0) is 15.5. The SMILES string of the molecule is CC(c1ccccc1F)N(C)C(=O)CC1(O)CCCCC1. The minimum Gasteiger partial charge on any atom is -0.389 e. The van der Waals surface area contributed by atoms with Gasteiger partial charge in [0, 0.05) is 12.6 Å².